The van der Waals surface area contributed by atoms with Crippen LogP contribution in [0.15, 0.2) is 0 Å². The van der Waals surface area contributed by atoms with E-state index < -0.39 is 0 Å². The van der Waals surface area contributed by atoms with Crippen molar-refractivity contribution in [3.8, 4) is 0 Å². The number of hydrogen-bond donors (Lipinski definition) is 2. The number of aromatic nitrogens is 2. The molecule has 0 aliphatic carbocycles. The van der Waals surface area contributed by atoms with Gasteiger partial charge in [-0.2, -0.15) is 0 Å². The number of rotatable bonds is 6. The third-order valence-electron chi connectivity index (χ3n) is 2.65. The molecular weight excluding hydrogens is 244 g/mol. The molecule has 6 nitrogen and oxygen atoms in total. The number of esters is 1. The highest BCUT2D eigenvalue weighted by atomic mass is 16.5. The zero-order chi connectivity index (χ0) is 14.4. The van der Waals surface area contributed by atoms with Gasteiger partial charge >= 0.3 is 5.97 Å². The first kappa shape index (κ1) is 15.2. The third kappa shape index (κ3) is 4.08. The summed E-state index contributed by atoms with van der Waals surface area (Å²) in [5.41, 5.74) is 0.898. The monoisotopic (exact) mass is 266 g/mol. The Bertz CT molecular complexity index is 447. The van der Waals surface area contributed by atoms with Gasteiger partial charge in [0.25, 0.3) is 0 Å². The fourth-order valence-electron chi connectivity index (χ4n) is 1.53. The lowest BCUT2D eigenvalue weighted by Gasteiger charge is -2.15. The summed E-state index contributed by atoms with van der Waals surface area (Å²) in [7, 11) is 1.36. The van der Waals surface area contributed by atoms with Gasteiger partial charge in [-0.1, -0.05) is 13.8 Å². The first-order chi connectivity index (χ1) is 8.99. The highest BCUT2D eigenvalue weighted by Crippen LogP contribution is 2.22. The Labute approximate surface area is 114 Å². The van der Waals surface area contributed by atoms with Crippen molar-refractivity contribution in [2.45, 2.75) is 33.6 Å². The van der Waals surface area contributed by atoms with E-state index in [1.165, 1.54) is 7.11 Å². The standard InChI is InChI=1S/C13H22N4O2/c1-6-14-12-9(4)13(15-7-10(18)19-5)17-11(16-12)8(2)3/h8H,6-7H2,1-5H3,(H2,14,15,16,17). The second kappa shape index (κ2) is 6.92. The van der Waals surface area contributed by atoms with Crippen LogP contribution < -0.4 is 10.6 Å². The summed E-state index contributed by atoms with van der Waals surface area (Å²) >= 11 is 0. The van der Waals surface area contributed by atoms with Crippen LogP contribution in [0.2, 0.25) is 0 Å². The molecular formula is C13H22N4O2. The maximum atomic E-state index is 11.2. The Balaban J connectivity index is 3.03. The van der Waals surface area contributed by atoms with E-state index >= 15 is 0 Å². The summed E-state index contributed by atoms with van der Waals surface area (Å²) in [5.74, 6) is 2.10. The molecule has 106 valence electrons. The average molecular weight is 266 g/mol. The first-order valence-electron chi connectivity index (χ1n) is 6.42. The Morgan fingerprint density at radius 1 is 1.26 bits per heavy atom. The van der Waals surface area contributed by atoms with Crippen LogP contribution in [0, 0.1) is 6.92 Å². The summed E-state index contributed by atoms with van der Waals surface area (Å²) < 4.78 is 4.61. The molecule has 0 unspecified atom stereocenters. The first-order valence-corrected chi connectivity index (χ1v) is 6.42. The molecule has 1 aromatic heterocycles. The fraction of sp³-hybridized carbons (Fsp3) is 0.615. The van der Waals surface area contributed by atoms with E-state index in [9.17, 15) is 4.79 Å². The van der Waals surface area contributed by atoms with Gasteiger partial charge < -0.3 is 15.4 Å². The smallest absolute Gasteiger partial charge is 0.325 e. The summed E-state index contributed by atoms with van der Waals surface area (Å²) in [4.78, 5) is 20.1. The van der Waals surface area contributed by atoms with Crippen molar-refractivity contribution < 1.29 is 9.53 Å². The van der Waals surface area contributed by atoms with E-state index in [4.69, 9.17) is 0 Å². The molecule has 1 rings (SSSR count). The maximum Gasteiger partial charge on any atom is 0.325 e. The number of carbonyl (C=O) groups is 1. The van der Waals surface area contributed by atoms with Gasteiger partial charge in [0, 0.05) is 18.0 Å². The van der Waals surface area contributed by atoms with Crippen LogP contribution in [0.4, 0.5) is 11.6 Å². The van der Waals surface area contributed by atoms with Crippen molar-refractivity contribution in [3.05, 3.63) is 11.4 Å². The summed E-state index contributed by atoms with van der Waals surface area (Å²) in [5, 5.41) is 6.20. The van der Waals surface area contributed by atoms with E-state index in [0.717, 1.165) is 23.8 Å². The van der Waals surface area contributed by atoms with Crippen molar-refractivity contribution in [1.29, 1.82) is 0 Å². The van der Waals surface area contributed by atoms with E-state index in [2.05, 4.69) is 25.3 Å². The SMILES string of the molecule is CCNc1nc(C(C)C)nc(NCC(=O)OC)c1C. The van der Waals surface area contributed by atoms with Crippen molar-refractivity contribution >= 4 is 17.6 Å². The molecule has 1 heterocycles. The lowest BCUT2D eigenvalue weighted by atomic mass is 10.2. The van der Waals surface area contributed by atoms with Crippen molar-refractivity contribution in [1.82, 2.24) is 9.97 Å². The summed E-state index contributed by atoms with van der Waals surface area (Å²) in [6.07, 6.45) is 0. The van der Waals surface area contributed by atoms with Crippen LogP contribution in [0.3, 0.4) is 0 Å². The number of nitrogens with one attached hydrogen (secondary N) is 2. The Morgan fingerprint density at radius 2 is 1.84 bits per heavy atom. The average Bonchev–Trinajstić information content (AvgIpc) is 2.39. The molecule has 0 aromatic carbocycles. The van der Waals surface area contributed by atoms with Crippen LogP contribution in [-0.2, 0) is 9.53 Å². The normalized spacial score (nSPS) is 10.4. The Hall–Kier alpha value is -1.85. The number of ether oxygens (including phenoxy) is 1. The second-order valence-electron chi connectivity index (χ2n) is 4.52. The fourth-order valence-corrected chi connectivity index (χ4v) is 1.53. The van der Waals surface area contributed by atoms with Crippen molar-refractivity contribution in [3.63, 3.8) is 0 Å². The molecule has 0 amide bonds. The zero-order valence-electron chi connectivity index (χ0n) is 12.2. The molecule has 0 spiro atoms. The molecule has 0 saturated carbocycles. The molecule has 0 aliphatic heterocycles. The van der Waals surface area contributed by atoms with Crippen molar-refractivity contribution in [2.24, 2.45) is 0 Å². The number of anilines is 2. The predicted molar refractivity (Wildman–Crippen MR) is 75.5 cm³/mol. The molecule has 19 heavy (non-hydrogen) atoms. The number of hydrogen-bond acceptors (Lipinski definition) is 6. The minimum atomic E-state index is -0.325. The molecule has 0 saturated heterocycles. The van der Waals surface area contributed by atoms with E-state index in [0.29, 0.717) is 5.82 Å². The van der Waals surface area contributed by atoms with Gasteiger partial charge in [-0.05, 0) is 13.8 Å². The molecule has 1 aromatic rings. The number of methoxy groups -OCH3 is 1. The lowest BCUT2D eigenvalue weighted by Crippen LogP contribution is -2.18. The summed E-state index contributed by atoms with van der Waals surface area (Å²) in [6, 6.07) is 0. The van der Waals surface area contributed by atoms with Gasteiger partial charge in [-0.25, -0.2) is 9.97 Å². The van der Waals surface area contributed by atoms with Crippen molar-refractivity contribution in [2.75, 3.05) is 30.8 Å². The Morgan fingerprint density at radius 3 is 2.32 bits per heavy atom. The quantitative estimate of drug-likeness (QED) is 0.766. The van der Waals surface area contributed by atoms with E-state index in [1.807, 2.05) is 27.7 Å². The van der Waals surface area contributed by atoms with Gasteiger partial charge in [-0.15, -0.1) is 0 Å². The van der Waals surface area contributed by atoms with Gasteiger partial charge in [0.1, 0.15) is 24.0 Å². The molecule has 0 bridgehead atoms. The summed E-state index contributed by atoms with van der Waals surface area (Å²) in [6.45, 7) is 8.87. The largest absolute Gasteiger partial charge is 0.468 e. The van der Waals surface area contributed by atoms with E-state index in [1.54, 1.807) is 0 Å². The number of carbonyl (C=O) groups excluding carboxylic acids is 1. The third-order valence-corrected chi connectivity index (χ3v) is 2.65. The molecule has 0 aliphatic rings. The highest BCUT2D eigenvalue weighted by molar-refractivity contribution is 5.75. The minimum Gasteiger partial charge on any atom is -0.468 e. The van der Waals surface area contributed by atoms with Crippen LogP contribution in [0.5, 0.6) is 0 Å². The van der Waals surface area contributed by atoms with Gasteiger partial charge in [0.15, 0.2) is 0 Å². The van der Waals surface area contributed by atoms with Crippen LogP contribution >= 0.6 is 0 Å². The van der Waals surface area contributed by atoms with Gasteiger partial charge in [0.2, 0.25) is 0 Å². The molecule has 0 radical (unpaired) electrons. The lowest BCUT2D eigenvalue weighted by molar-refractivity contribution is -0.138. The maximum absolute atomic E-state index is 11.2. The predicted octanol–water partition coefficient (Wildman–Crippen LogP) is 1.93. The van der Waals surface area contributed by atoms with Gasteiger partial charge in [-0.3, -0.25) is 4.79 Å². The Kier molecular flexibility index (Phi) is 5.54. The number of nitrogens with zero attached hydrogens (tertiary/aromatic N) is 2. The van der Waals surface area contributed by atoms with E-state index in [-0.39, 0.29) is 18.4 Å². The topological polar surface area (TPSA) is 76.1 Å². The zero-order valence-corrected chi connectivity index (χ0v) is 12.2. The second-order valence-corrected chi connectivity index (χ2v) is 4.52. The highest BCUT2D eigenvalue weighted by Gasteiger charge is 2.13. The molecule has 0 atom stereocenters. The molecule has 6 heteroatoms. The van der Waals surface area contributed by atoms with Crippen LogP contribution in [0.1, 0.15) is 38.1 Å². The van der Waals surface area contributed by atoms with Crippen LogP contribution in [0.25, 0.3) is 0 Å². The van der Waals surface area contributed by atoms with Crippen LogP contribution in [-0.4, -0.2) is 36.1 Å². The van der Waals surface area contributed by atoms with Gasteiger partial charge in [0.05, 0.1) is 7.11 Å². The molecule has 2 N–H and O–H groups in total. The molecule has 0 fully saturated rings. The minimum absolute atomic E-state index is 0.0947.